The topological polar surface area (TPSA) is 121 Å². The molecule has 1 atom stereocenters. The van der Waals surface area contributed by atoms with Gasteiger partial charge < -0.3 is 15.0 Å². The Kier molecular flexibility index (Phi) is 6.36. The summed E-state index contributed by atoms with van der Waals surface area (Å²) < 4.78 is 67.7. The van der Waals surface area contributed by atoms with Crippen LogP contribution in [-0.4, -0.2) is 73.5 Å². The van der Waals surface area contributed by atoms with Crippen molar-refractivity contribution in [1.82, 2.24) is 19.9 Å². The Bertz CT molecular complexity index is 1210. The van der Waals surface area contributed by atoms with E-state index in [-0.39, 0.29) is 18.8 Å². The molecule has 0 saturated carbocycles. The summed E-state index contributed by atoms with van der Waals surface area (Å²) in [4.78, 5) is 29.7. The minimum absolute atomic E-state index is 0.179. The molecule has 2 aliphatic rings. The number of pyridine rings is 1. The van der Waals surface area contributed by atoms with Crippen LogP contribution in [0.3, 0.4) is 0 Å². The Morgan fingerprint density at radius 1 is 1.03 bits per heavy atom. The molecule has 1 aromatic heterocycles. The van der Waals surface area contributed by atoms with Crippen molar-refractivity contribution in [2.45, 2.75) is 18.8 Å². The third-order valence-electron chi connectivity index (χ3n) is 5.71. The molecule has 10 nitrogen and oxygen atoms in total. The van der Waals surface area contributed by atoms with Gasteiger partial charge in [0.1, 0.15) is 17.1 Å². The van der Waals surface area contributed by atoms with Crippen LogP contribution in [0.4, 0.5) is 23.8 Å². The standard InChI is InChI=1S/C21H22F3N5O5S/c1-20(18(30)26-19(31)27-20)13-35(32,33)29-10-8-28(9-11-29)17-7-4-15(12-25-17)14-2-5-16(6-3-14)34-21(22,23)24/h2-7,12H,8-11,13H2,1H3,(H2,26,27,30,31)/t20-/m1/s1. The number of imide groups is 1. The minimum Gasteiger partial charge on any atom is -0.406 e. The van der Waals surface area contributed by atoms with E-state index in [1.165, 1.54) is 35.5 Å². The first-order valence-corrected chi connectivity index (χ1v) is 12.1. The van der Waals surface area contributed by atoms with Crippen molar-refractivity contribution in [3.63, 3.8) is 0 Å². The smallest absolute Gasteiger partial charge is 0.406 e. The molecular weight excluding hydrogens is 491 g/mol. The van der Waals surface area contributed by atoms with Gasteiger partial charge in [-0.25, -0.2) is 18.2 Å². The molecule has 2 N–H and O–H groups in total. The molecule has 14 heteroatoms. The van der Waals surface area contributed by atoms with Crippen LogP contribution in [0.2, 0.25) is 0 Å². The number of sulfonamides is 1. The lowest BCUT2D eigenvalue weighted by molar-refractivity contribution is -0.274. The molecule has 3 heterocycles. The molecule has 2 aliphatic heterocycles. The first-order chi connectivity index (χ1) is 16.3. The number of benzene rings is 1. The van der Waals surface area contributed by atoms with Crippen LogP contribution < -0.4 is 20.3 Å². The Hall–Kier alpha value is -3.39. The molecule has 2 saturated heterocycles. The number of rotatable bonds is 6. The lowest BCUT2D eigenvalue weighted by Crippen LogP contribution is -2.55. The fourth-order valence-electron chi connectivity index (χ4n) is 3.93. The average molecular weight is 513 g/mol. The average Bonchev–Trinajstić information content (AvgIpc) is 3.03. The van der Waals surface area contributed by atoms with Gasteiger partial charge in [-0.3, -0.25) is 10.1 Å². The van der Waals surface area contributed by atoms with E-state index in [0.29, 0.717) is 30.0 Å². The van der Waals surface area contributed by atoms with E-state index in [0.717, 1.165) is 0 Å². The summed E-state index contributed by atoms with van der Waals surface area (Å²) in [7, 11) is -3.81. The fraction of sp³-hybridized carbons (Fsp3) is 0.381. The lowest BCUT2D eigenvalue weighted by Gasteiger charge is -2.35. The zero-order valence-corrected chi connectivity index (χ0v) is 19.3. The highest BCUT2D eigenvalue weighted by Crippen LogP contribution is 2.27. The summed E-state index contributed by atoms with van der Waals surface area (Å²) in [5, 5.41) is 4.41. The molecule has 1 aromatic carbocycles. The first-order valence-electron chi connectivity index (χ1n) is 10.5. The lowest BCUT2D eigenvalue weighted by atomic mass is 10.1. The van der Waals surface area contributed by atoms with E-state index < -0.39 is 39.6 Å². The normalized spacial score (nSPS) is 21.5. The fourth-order valence-corrected chi connectivity index (χ4v) is 5.76. The highest BCUT2D eigenvalue weighted by Gasteiger charge is 2.46. The van der Waals surface area contributed by atoms with Crippen molar-refractivity contribution in [2.75, 3.05) is 36.8 Å². The number of carbonyl (C=O) groups excluding carboxylic acids is 2. The van der Waals surface area contributed by atoms with E-state index in [1.54, 1.807) is 18.3 Å². The number of hydrogen-bond donors (Lipinski definition) is 2. The minimum atomic E-state index is -4.76. The van der Waals surface area contributed by atoms with Crippen molar-refractivity contribution < 1.29 is 35.9 Å². The van der Waals surface area contributed by atoms with Crippen molar-refractivity contribution in [3.05, 3.63) is 42.6 Å². The number of urea groups is 1. The van der Waals surface area contributed by atoms with Gasteiger partial charge in [-0.15, -0.1) is 13.2 Å². The van der Waals surface area contributed by atoms with E-state index in [2.05, 4.69) is 15.0 Å². The molecule has 4 rings (SSSR count). The monoisotopic (exact) mass is 513 g/mol. The van der Waals surface area contributed by atoms with Crippen molar-refractivity contribution in [3.8, 4) is 16.9 Å². The van der Waals surface area contributed by atoms with E-state index in [4.69, 9.17) is 0 Å². The number of hydrogen-bond acceptors (Lipinski definition) is 7. The molecule has 188 valence electrons. The molecule has 0 aliphatic carbocycles. The Labute approximate surface area is 199 Å². The number of amides is 3. The predicted molar refractivity (Wildman–Crippen MR) is 119 cm³/mol. The van der Waals surface area contributed by atoms with Crippen LogP contribution in [-0.2, 0) is 14.8 Å². The second-order valence-electron chi connectivity index (χ2n) is 8.36. The van der Waals surface area contributed by atoms with Crippen molar-refractivity contribution >= 4 is 27.8 Å². The third-order valence-corrected chi connectivity index (χ3v) is 7.81. The van der Waals surface area contributed by atoms with Crippen LogP contribution in [0.15, 0.2) is 42.6 Å². The molecule has 0 unspecified atom stereocenters. The number of aromatic nitrogens is 1. The maximum absolute atomic E-state index is 12.8. The second-order valence-corrected chi connectivity index (χ2v) is 10.3. The SMILES string of the molecule is C[C@]1(CS(=O)(=O)N2CCN(c3ccc(-c4ccc(OC(F)(F)F)cc4)cn3)CC2)NC(=O)NC1=O. The Morgan fingerprint density at radius 2 is 1.66 bits per heavy atom. The molecular formula is C21H22F3N5O5S. The third kappa shape index (κ3) is 5.65. The van der Waals surface area contributed by atoms with Gasteiger partial charge in [-0.1, -0.05) is 12.1 Å². The van der Waals surface area contributed by atoms with Crippen LogP contribution in [0.5, 0.6) is 5.75 Å². The quantitative estimate of drug-likeness (QED) is 0.564. The van der Waals surface area contributed by atoms with Gasteiger partial charge in [0.2, 0.25) is 10.0 Å². The van der Waals surface area contributed by atoms with Gasteiger partial charge in [-0.2, -0.15) is 4.31 Å². The van der Waals surface area contributed by atoms with Gasteiger partial charge in [0.15, 0.2) is 0 Å². The number of alkyl halides is 3. The molecule has 2 fully saturated rings. The summed E-state index contributed by atoms with van der Waals surface area (Å²) >= 11 is 0. The van der Waals surface area contributed by atoms with Gasteiger partial charge in [0.05, 0.1) is 5.75 Å². The molecule has 0 bridgehead atoms. The number of ether oxygens (including phenoxy) is 1. The summed E-state index contributed by atoms with van der Waals surface area (Å²) in [6.07, 6.45) is -3.17. The zero-order chi connectivity index (χ0) is 25.4. The largest absolute Gasteiger partial charge is 0.573 e. The number of anilines is 1. The number of halogens is 3. The number of nitrogens with one attached hydrogen (secondary N) is 2. The Balaban J connectivity index is 1.36. The van der Waals surface area contributed by atoms with E-state index >= 15 is 0 Å². The first kappa shape index (κ1) is 24.7. The highest BCUT2D eigenvalue weighted by molar-refractivity contribution is 7.89. The summed E-state index contributed by atoms with van der Waals surface area (Å²) in [5.74, 6) is -0.922. The van der Waals surface area contributed by atoms with Gasteiger partial charge in [0.25, 0.3) is 5.91 Å². The van der Waals surface area contributed by atoms with E-state index in [9.17, 15) is 31.2 Å². The summed E-state index contributed by atoms with van der Waals surface area (Å²) in [6, 6.07) is 8.23. The second kappa shape index (κ2) is 9.00. The molecule has 0 radical (unpaired) electrons. The van der Waals surface area contributed by atoms with Crippen LogP contribution in [0.25, 0.3) is 11.1 Å². The summed E-state index contributed by atoms with van der Waals surface area (Å²) in [5.41, 5.74) is -0.175. The van der Waals surface area contributed by atoms with Gasteiger partial charge >= 0.3 is 12.4 Å². The maximum atomic E-state index is 12.8. The zero-order valence-electron chi connectivity index (χ0n) is 18.5. The van der Waals surface area contributed by atoms with E-state index in [1.807, 2.05) is 10.2 Å². The van der Waals surface area contributed by atoms with Gasteiger partial charge in [0, 0.05) is 37.9 Å². The molecule has 2 aromatic rings. The van der Waals surface area contributed by atoms with Crippen LogP contribution in [0, 0.1) is 0 Å². The summed E-state index contributed by atoms with van der Waals surface area (Å²) in [6.45, 7) is 2.45. The number of carbonyl (C=O) groups is 2. The number of piperazine rings is 1. The highest BCUT2D eigenvalue weighted by atomic mass is 32.2. The van der Waals surface area contributed by atoms with Crippen LogP contribution in [0.1, 0.15) is 6.92 Å². The Morgan fingerprint density at radius 3 is 2.17 bits per heavy atom. The molecule has 35 heavy (non-hydrogen) atoms. The molecule has 3 amide bonds. The van der Waals surface area contributed by atoms with Crippen molar-refractivity contribution in [2.24, 2.45) is 0 Å². The molecule has 0 spiro atoms. The van der Waals surface area contributed by atoms with Crippen LogP contribution >= 0.6 is 0 Å². The number of nitrogens with zero attached hydrogens (tertiary/aromatic N) is 3. The maximum Gasteiger partial charge on any atom is 0.573 e. The van der Waals surface area contributed by atoms with Crippen molar-refractivity contribution in [1.29, 1.82) is 0 Å². The predicted octanol–water partition coefficient (Wildman–Crippen LogP) is 1.70. The van der Waals surface area contributed by atoms with Gasteiger partial charge in [-0.05, 0) is 36.8 Å².